The highest BCUT2D eigenvalue weighted by Gasteiger charge is 2.15. The summed E-state index contributed by atoms with van der Waals surface area (Å²) in [7, 11) is 0. The normalized spacial score (nSPS) is 11.4. The number of hydrogen-bond acceptors (Lipinski definition) is 3. The molecule has 1 amide bonds. The van der Waals surface area contributed by atoms with E-state index in [4.69, 9.17) is 16.3 Å². The van der Waals surface area contributed by atoms with Crippen LogP contribution in [0.15, 0.2) is 24.3 Å². The SMILES string of the molecule is CC(C)(C)OC(=O)NCCC=Cc1cc(C=O)ccc1Cl. The number of hydrogen-bond donors (Lipinski definition) is 1. The van der Waals surface area contributed by atoms with Gasteiger partial charge in [0.05, 0.1) is 0 Å². The Morgan fingerprint density at radius 2 is 2.10 bits per heavy atom. The lowest BCUT2D eigenvalue weighted by atomic mass is 10.1. The maximum atomic E-state index is 11.4. The molecule has 21 heavy (non-hydrogen) atoms. The van der Waals surface area contributed by atoms with Gasteiger partial charge in [-0.15, -0.1) is 0 Å². The molecule has 0 bridgehead atoms. The summed E-state index contributed by atoms with van der Waals surface area (Å²) in [4.78, 5) is 22.1. The zero-order valence-electron chi connectivity index (χ0n) is 12.5. The maximum Gasteiger partial charge on any atom is 0.407 e. The summed E-state index contributed by atoms with van der Waals surface area (Å²) in [5.41, 5.74) is 0.854. The highest BCUT2D eigenvalue weighted by atomic mass is 35.5. The van der Waals surface area contributed by atoms with Crippen LogP contribution in [0.4, 0.5) is 4.79 Å². The minimum absolute atomic E-state index is 0.433. The van der Waals surface area contributed by atoms with Crippen molar-refractivity contribution in [3.8, 4) is 0 Å². The standard InChI is InChI=1S/C16H20ClNO3/c1-16(2,3)21-15(20)18-9-5-4-6-13-10-12(11-19)7-8-14(13)17/h4,6-8,10-11H,5,9H2,1-3H3,(H,18,20). The Labute approximate surface area is 130 Å². The molecule has 1 N–H and O–H groups in total. The predicted octanol–water partition coefficient (Wildman–Crippen LogP) is 4.08. The van der Waals surface area contributed by atoms with Gasteiger partial charge in [-0.25, -0.2) is 4.79 Å². The number of aldehydes is 1. The topological polar surface area (TPSA) is 55.4 Å². The van der Waals surface area contributed by atoms with Gasteiger partial charge in [0.25, 0.3) is 0 Å². The third-order valence-electron chi connectivity index (χ3n) is 2.43. The van der Waals surface area contributed by atoms with E-state index in [2.05, 4.69) is 5.32 Å². The molecular formula is C16H20ClNO3. The number of benzene rings is 1. The number of carbonyl (C=O) groups is 2. The van der Waals surface area contributed by atoms with Gasteiger partial charge in [-0.1, -0.05) is 29.8 Å². The molecule has 4 nitrogen and oxygen atoms in total. The molecule has 114 valence electrons. The van der Waals surface area contributed by atoms with Crippen molar-refractivity contribution in [1.29, 1.82) is 0 Å². The Balaban J connectivity index is 2.42. The molecular weight excluding hydrogens is 290 g/mol. The highest BCUT2D eigenvalue weighted by Crippen LogP contribution is 2.18. The quantitative estimate of drug-likeness (QED) is 0.658. The van der Waals surface area contributed by atoms with Crippen molar-refractivity contribution in [2.75, 3.05) is 6.54 Å². The smallest absolute Gasteiger partial charge is 0.407 e. The lowest BCUT2D eigenvalue weighted by Gasteiger charge is -2.19. The van der Waals surface area contributed by atoms with Gasteiger partial charge in [-0.05, 0) is 44.9 Å². The van der Waals surface area contributed by atoms with E-state index in [9.17, 15) is 9.59 Å². The number of ether oxygens (including phenoxy) is 1. The molecule has 0 aromatic heterocycles. The Morgan fingerprint density at radius 3 is 2.71 bits per heavy atom. The number of amides is 1. The minimum Gasteiger partial charge on any atom is -0.444 e. The van der Waals surface area contributed by atoms with Crippen LogP contribution >= 0.6 is 11.6 Å². The average Bonchev–Trinajstić information content (AvgIpc) is 2.38. The summed E-state index contributed by atoms with van der Waals surface area (Å²) in [6.07, 6.45) is 4.69. The summed E-state index contributed by atoms with van der Waals surface area (Å²) in [5.74, 6) is 0. The molecule has 0 fully saturated rings. The van der Waals surface area contributed by atoms with Crippen molar-refractivity contribution in [3.05, 3.63) is 40.4 Å². The van der Waals surface area contributed by atoms with Crippen LogP contribution in [-0.2, 0) is 4.74 Å². The third-order valence-corrected chi connectivity index (χ3v) is 2.78. The predicted molar refractivity (Wildman–Crippen MR) is 84.7 cm³/mol. The van der Waals surface area contributed by atoms with E-state index in [1.54, 1.807) is 18.2 Å². The second kappa shape index (κ2) is 7.84. The fraction of sp³-hybridized carbons (Fsp3) is 0.375. The molecule has 1 rings (SSSR count). The molecule has 0 radical (unpaired) electrons. The van der Waals surface area contributed by atoms with Crippen LogP contribution in [0.3, 0.4) is 0 Å². The Morgan fingerprint density at radius 1 is 1.38 bits per heavy atom. The minimum atomic E-state index is -0.497. The van der Waals surface area contributed by atoms with Gasteiger partial charge in [0.1, 0.15) is 11.9 Å². The summed E-state index contributed by atoms with van der Waals surface area (Å²) < 4.78 is 5.12. The molecule has 0 saturated heterocycles. The summed E-state index contributed by atoms with van der Waals surface area (Å²) in [5, 5.41) is 3.24. The van der Waals surface area contributed by atoms with Gasteiger partial charge in [0.15, 0.2) is 0 Å². The van der Waals surface area contributed by atoms with Gasteiger partial charge in [-0.2, -0.15) is 0 Å². The van der Waals surface area contributed by atoms with E-state index in [1.165, 1.54) is 0 Å². The lowest BCUT2D eigenvalue weighted by Crippen LogP contribution is -2.32. The van der Waals surface area contributed by atoms with Crippen LogP contribution < -0.4 is 5.32 Å². The second-order valence-electron chi connectivity index (χ2n) is 5.52. The molecule has 1 aromatic carbocycles. The fourth-order valence-electron chi connectivity index (χ4n) is 1.55. The lowest BCUT2D eigenvalue weighted by molar-refractivity contribution is 0.0528. The number of nitrogens with one attached hydrogen (secondary N) is 1. The highest BCUT2D eigenvalue weighted by molar-refractivity contribution is 6.32. The van der Waals surface area contributed by atoms with E-state index in [0.717, 1.165) is 11.8 Å². The van der Waals surface area contributed by atoms with Crippen LogP contribution in [0.5, 0.6) is 0 Å². The van der Waals surface area contributed by atoms with Crippen LogP contribution in [0, 0.1) is 0 Å². The zero-order chi connectivity index (χ0) is 15.9. The van der Waals surface area contributed by atoms with Crippen LogP contribution in [0.1, 0.15) is 43.1 Å². The summed E-state index contributed by atoms with van der Waals surface area (Å²) in [6, 6.07) is 5.06. The average molecular weight is 310 g/mol. The first kappa shape index (κ1) is 17.2. The first-order valence-electron chi connectivity index (χ1n) is 6.70. The number of alkyl carbamates (subject to hydrolysis) is 1. The van der Waals surface area contributed by atoms with Crippen molar-refractivity contribution in [2.45, 2.75) is 32.8 Å². The Bertz CT molecular complexity index is 533. The second-order valence-corrected chi connectivity index (χ2v) is 5.93. The fourth-order valence-corrected chi connectivity index (χ4v) is 1.73. The molecule has 0 saturated carbocycles. The van der Waals surface area contributed by atoms with Crippen molar-refractivity contribution in [3.63, 3.8) is 0 Å². The van der Waals surface area contributed by atoms with Crippen LogP contribution in [-0.4, -0.2) is 24.5 Å². The van der Waals surface area contributed by atoms with Gasteiger partial charge in [-0.3, -0.25) is 4.79 Å². The molecule has 0 spiro atoms. The molecule has 0 aliphatic rings. The molecule has 0 aliphatic carbocycles. The van der Waals surface area contributed by atoms with Crippen LogP contribution in [0.2, 0.25) is 5.02 Å². The van der Waals surface area contributed by atoms with Gasteiger partial charge in [0.2, 0.25) is 0 Å². The van der Waals surface area contributed by atoms with Gasteiger partial charge in [0, 0.05) is 17.1 Å². The van der Waals surface area contributed by atoms with Crippen molar-refractivity contribution >= 4 is 30.1 Å². The monoisotopic (exact) mass is 309 g/mol. The maximum absolute atomic E-state index is 11.4. The van der Waals surface area contributed by atoms with E-state index in [0.29, 0.717) is 23.6 Å². The van der Waals surface area contributed by atoms with Crippen molar-refractivity contribution in [1.82, 2.24) is 5.32 Å². The van der Waals surface area contributed by atoms with E-state index < -0.39 is 11.7 Å². The number of carbonyl (C=O) groups excluding carboxylic acids is 2. The van der Waals surface area contributed by atoms with E-state index in [-0.39, 0.29) is 0 Å². The largest absolute Gasteiger partial charge is 0.444 e. The first-order chi connectivity index (χ1) is 9.81. The number of halogens is 1. The van der Waals surface area contributed by atoms with Crippen LogP contribution in [0.25, 0.3) is 6.08 Å². The van der Waals surface area contributed by atoms with E-state index in [1.807, 2.05) is 32.9 Å². The zero-order valence-corrected chi connectivity index (χ0v) is 13.2. The summed E-state index contributed by atoms with van der Waals surface area (Å²) >= 11 is 6.03. The van der Waals surface area contributed by atoms with Crippen molar-refractivity contribution < 1.29 is 14.3 Å². The summed E-state index contributed by atoms with van der Waals surface area (Å²) in [6.45, 7) is 5.91. The number of rotatable bonds is 5. The molecule has 0 aliphatic heterocycles. The van der Waals surface area contributed by atoms with Gasteiger partial charge >= 0.3 is 6.09 Å². The molecule has 1 aromatic rings. The molecule has 0 heterocycles. The molecule has 0 unspecified atom stereocenters. The van der Waals surface area contributed by atoms with E-state index >= 15 is 0 Å². The Hall–Kier alpha value is -1.81. The molecule has 0 atom stereocenters. The van der Waals surface area contributed by atoms with Crippen molar-refractivity contribution in [2.24, 2.45) is 0 Å². The molecule has 5 heteroatoms. The first-order valence-corrected chi connectivity index (χ1v) is 7.08. The Kier molecular flexibility index (Phi) is 6.43. The third kappa shape index (κ3) is 6.95. The van der Waals surface area contributed by atoms with Gasteiger partial charge < -0.3 is 10.1 Å².